The first-order chi connectivity index (χ1) is 11.4. The Morgan fingerprint density at radius 3 is 2.08 bits per heavy atom. The molecule has 2 aromatic carbocycles. The number of rotatable bonds is 4. The molecule has 0 bridgehead atoms. The van der Waals surface area contributed by atoms with Crippen LogP contribution in [0.1, 0.15) is 11.7 Å². The molecule has 3 aromatic rings. The van der Waals surface area contributed by atoms with E-state index in [9.17, 15) is 22.0 Å². The number of nitrogens with zero attached hydrogens (tertiary/aromatic N) is 2. The van der Waals surface area contributed by atoms with Gasteiger partial charge in [-0.1, -0.05) is 24.3 Å². The topological polar surface area (TPSA) is 17.8 Å². The molecule has 1 unspecified atom stereocenters. The smallest absolute Gasteiger partial charge is 0.233 e. The van der Waals surface area contributed by atoms with Gasteiger partial charge in [0.1, 0.15) is 11.6 Å². The predicted octanol–water partition coefficient (Wildman–Crippen LogP) is 5.09. The van der Waals surface area contributed by atoms with Gasteiger partial charge < -0.3 is 0 Å². The van der Waals surface area contributed by atoms with E-state index >= 15 is 0 Å². The molecule has 0 aliphatic heterocycles. The molecule has 0 saturated carbocycles. The normalized spacial score (nSPS) is 13.0. The number of hydrogen-bond donors (Lipinski definition) is 0. The molecule has 124 valence electrons. The summed E-state index contributed by atoms with van der Waals surface area (Å²) in [5.41, 5.74) is 0.344. The first-order valence-electron chi connectivity index (χ1n) is 6.96. The van der Waals surface area contributed by atoms with Crippen LogP contribution in [-0.2, 0) is 6.05 Å². The van der Waals surface area contributed by atoms with Crippen LogP contribution in [0.15, 0.2) is 60.9 Å². The van der Waals surface area contributed by atoms with E-state index in [1.54, 1.807) is 0 Å². The Kier molecular flexibility index (Phi) is 4.09. The van der Waals surface area contributed by atoms with Crippen molar-refractivity contribution in [2.24, 2.45) is 0 Å². The van der Waals surface area contributed by atoms with Crippen molar-refractivity contribution in [1.82, 2.24) is 9.78 Å². The lowest BCUT2D eigenvalue weighted by Crippen LogP contribution is -2.29. The van der Waals surface area contributed by atoms with Crippen LogP contribution < -0.4 is 0 Å². The molecular weight excluding hydrogens is 327 g/mol. The Morgan fingerprint density at radius 1 is 0.917 bits per heavy atom. The number of alkyl halides is 3. The molecule has 0 fully saturated rings. The van der Waals surface area contributed by atoms with Gasteiger partial charge in [-0.15, -0.1) is 0 Å². The predicted molar refractivity (Wildman–Crippen MR) is 78.1 cm³/mol. The van der Waals surface area contributed by atoms with Crippen molar-refractivity contribution in [3.63, 3.8) is 0 Å². The lowest BCUT2D eigenvalue weighted by atomic mass is 10.0. The SMILES string of the molecule is Fc1cc(F)cc(-c2ccc(C(F)C(F)(F)n3cccn3)cc2)c1. The molecule has 2 nitrogen and oxygen atoms in total. The summed E-state index contributed by atoms with van der Waals surface area (Å²) in [7, 11) is 0. The van der Waals surface area contributed by atoms with Gasteiger partial charge in [0.25, 0.3) is 0 Å². The molecular formula is C17H11F5N2. The van der Waals surface area contributed by atoms with Gasteiger partial charge >= 0.3 is 6.05 Å². The van der Waals surface area contributed by atoms with Crippen LogP contribution >= 0.6 is 0 Å². The average Bonchev–Trinajstić information content (AvgIpc) is 3.08. The molecule has 0 amide bonds. The van der Waals surface area contributed by atoms with E-state index in [1.807, 2.05) is 0 Å². The molecule has 0 radical (unpaired) electrons. The van der Waals surface area contributed by atoms with Crippen molar-refractivity contribution >= 4 is 0 Å². The zero-order chi connectivity index (χ0) is 17.3. The highest BCUT2D eigenvalue weighted by molar-refractivity contribution is 5.63. The first-order valence-corrected chi connectivity index (χ1v) is 6.96. The van der Waals surface area contributed by atoms with Crippen molar-refractivity contribution in [1.29, 1.82) is 0 Å². The summed E-state index contributed by atoms with van der Waals surface area (Å²) in [4.78, 5) is 0. The summed E-state index contributed by atoms with van der Waals surface area (Å²) in [6.45, 7) is 0. The zero-order valence-electron chi connectivity index (χ0n) is 12.1. The minimum absolute atomic E-state index is 0.230. The number of hydrogen-bond acceptors (Lipinski definition) is 1. The minimum Gasteiger partial charge on any atom is -0.233 e. The second-order valence-electron chi connectivity index (χ2n) is 5.18. The molecule has 24 heavy (non-hydrogen) atoms. The highest BCUT2D eigenvalue weighted by atomic mass is 19.3. The Labute approximate surface area is 134 Å². The zero-order valence-corrected chi connectivity index (χ0v) is 12.1. The molecule has 0 spiro atoms. The van der Waals surface area contributed by atoms with Crippen LogP contribution in [-0.4, -0.2) is 9.78 Å². The van der Waals surface area contributed by atoms with E-state index in [4.69, 9.17) is 0 Å². The second kappa shape index (κ2) is 6.07. The molecule has 0 N–H and O–H groups in total. The molecule has 0 aliphatic carbocycles. The third-order valence-electron chi connectivity index (χ3n) is 3.51. The van der Waals surface area contributed by atoms with Gasteiger partial charge in [-0.05, 0) is 34.9 Å². The van der Waals surface area contributed by atoms with Crippen molar-refractivity contribution in [2.75, 3.05) is 0 Å². The summed E-state index contributed by atoms with van der Waals surface area (Å²) in [6, 6.07) is 5.30. The quantitative estimate of drug-likeness (QED) is 0.606. The van der Waals surface area contributed by atoms with Gasteiger partial charge in [0.05, 0.1) is 0 Å². The van der Waals surface area contributed by atoms with E-state index in [-0.39, 0.29) is 15.8 Å². The van der Waals surface area contributed by atoms with Gasteiger partial charge in [0.2, 0.25) is 6.17 Å². The second-order valence-corrected chi connectivity index (χ2v) is 5.18. The fourth-order valence-corrected chi connectivity index (χ4v) is 2.33. The molecule has 1 heterocycles. The van der Waals surface area contributed by atoms with E-state index < -0.39 is 23.9 Å². The van der Waals surface area contributed by atoms with Crippen LogP contribution in [0, 0.1) is 11.6 Å². The minimum atomic E-state index is -3.85. The van der Waals surface area contributed by atoms with Gasteiger partial charge in [-0.2, -0.15) is 13.9 Å². The summed E-state index contributed by atoms with van der Waals surface area (Å²) in [5, 5.41) is 3.36. The summed E-state index contributed by atoms with van der Waals surface area (Å²) < 4.78 is 69.0. The van der Waals surface area contributed by atoms with Gasteiger partial charge in [0.15, 0.2) is 0 Å². The summed E-state index contributed by atoms with van der Waals surface area (Å²) in [5.74, 6) is -1.52. The van der Waals surface area contributed by atoms with E-state index in [0.29, 0.717) is 5.56 Å². The Morgan fingerprint density at radius 2 is 1.54 bits per heavy atom. The Hall–Kier alpha value is -2.70. The first kappa shape index (κ1) is 16.2. The maximum absolute atomic E-state index is 14.2. The summed E-state index contributed by atoms with van der Waals surface area (Å²) >= 11 is 0. The van der Waals surface area contributed by atoms with Gasteiger partial charge in [-0.25, -0.2) is 17.9 Å². The fraction of sp³-hybridized carbons (Fsp3) is 0.118. The van der Waals surface area contributed by atoms with Gasteiger partial charge in [-0.3, -0.25) is 0 Å². The molecule has 1 atom stereocenters. The fourth-order valence-electron chi connectivity index (χ4n) is 2.33. The lowest BCUT2D eigenvalue weighted by molar-refractivity contribution is -0.154. The molecule has 7 heteroatoms. The summed E-state index contributed by atoms with van der Waals surface area (Å²) in [6.07, 6.45) is -0.519. The van der Waals surface area contributed by atoms with Crippen molar-refractivity contribution in [3.8, 4) is 11.1 Å². The van der Waals surface area contributed by atoms with Crippen LogP contribution in [0.3, 0.4) is 0 Å². The standard InChI is InChI=1S/C17H11F5N2/c18-14-8-13(9-15(19)10-14)11-2-4-12(5-3-11)16(20)17(21,22)24-7-1-6-23-24/h1-10,16H. The number of benzene rings is 2. The lowest BCUT2D eigenvalue weighted by Gasteiger charge is -2.21. The van der Waals surface area contributed by atoms with E-state index in [1.165, 1.54) is 18.2 Å². The maximum Gasteiger partial charge on any atom is 0.378 e. The largest absolute Gasteiger partial charge is 0.378 e. The van der Waals surface area contributed by atoms with E-state index in [2.05, 4.69) is 5.10 Å². The van der Waals surface area contributed by atoms with Crippen LogP contribution in [0.25, 0.3) is 11.1 Å². The number of halogens is 5. The molecule has 0 aliphatic rings. The average molecular weight is 338 g/mol. The van der Waals surface area contributed by atoms with Crippen LogP contribution in [0.4, 0.5) is 22.0 Å². The third-order valence-corrected chi connectivity index (χ3v) is 3.51. The third kappa shape index (κ3) is 3.02. The van der Waals surface area contributed by atoms with Crippen molar-refractivity contribution < 1.29 is 22.0 Å². The molecule has 0 saturated heterocycles. The van der Waals surface area contributed by atoms with Crippen LogP contribution in [0.2, 0.25) is 0 Å². The number of aromatic nitrogens is 2. The Bertz CT molecular complexity index is 808. The highest BCUT2D eigenvalue weighted by Gasteiger charge is 2.43. The molecule has 3 rings (SSSR count). The molecule has 1 aromatic heterocycles. The van der Waals surface area contributed by atoms with E-state index in [0.717, 1.165) is 42.7 Å². The van der Waals surface area contributed by atoms with Crippen LogP contribution in [0.5, 0.6) is 0 Å². The van der Waals surface area contributed by atoms with Crippen molar-refractivity contribution in [2.45, 2.75) is 12.2 Å². The maximum atomic E-state index is 14.2. The van der Waals surface area contributed by atoms with Crippen molar-refractivity contribution in [3.05, 3.63) is 78.1 Å². The highest BCUT2D eigenvalue weighted by Crippen LogP contribution is 2.39. The van der Waals surface area contributed by atoms with Gasteiger partial charge in [0, 0.05) is 18.5 Å². The Balaban J connectivity index is 1.89. The monoisotopic (exact) mass is 338 g/mol.